The standard InChI is InChI=1S/C17H23ClN4O4/c1-17(2,3)26-16(25)20-6-7-22(8-9-23)15(24)13-10-11-12(21-13)4-5-19-14(11)18/h4-5,10,21,23H,6-9H2,1-3H3,(H,20,25). The molecule has 0 aliphatic heterocycles. The minimum atomic E-state index is -0.595. The summed E-state index contributed by atoms with van der Waals surface area (Å²) >= 11 is 6.03. The van der Waals surface area contributed by atoms with E-state index in [0.29, 0.717) is 21.7 Å². The maximum absolute atomic E-state index is 12.7. The van der Waals surface area contributed by atoms with Gasteiger partial charge in [-0.25, -0.2) is 9.78 Å². The smallest absolute Gasteiger partial charge is 0.407 e. The first-order chi connectivity index (χ1) is 12.2. The Balaban J connectivity index is 2.02. The van der Waals surface area contributed by atoms with Gasteiger partial charge >= 0.3 is 6.09 Å². The fourth-order valence-electron chi connectivity index (χ4n) is 2.35. The second-order valence-electron chi connectivity index (χ2n) is 6.69. The number of aliphatic hydroxyl groups excluding tert-OH is 1. The summed E-state index contributed by atoms with van der Waals surface area (Å²) in [6.45, 7) is 5.66. The van der Waals surface area contributed by atoms with Gasteiger partial charge in [-0.05, 0) is 32.9 Å². The molecule has 142 valence electrons. The molecule has 0 bridgehead atoms. The van der Waals surface area contributed by atoms with Crippen molar-refractivity contribution in [1.29, 1.82) is 0 Å². The highest BCUT2D eigenvalue weighted by molar-refractivity contribution is 6.34. The second-order valence-corrected chi connectivity index (χ2v) is 7.05. The highest BCUT2D eigenvalue weighted by Crippen LogP contribution is 2.22. The maximum Gasteiger partial charge on any atom is 0.407 e. The molecule has 0 aliphatic carbocycles. The normalized spacial score (nSPS) is 11.4. The maximum atomic E-state index is 12.7. The number of fused-ring (bicyclic) bond motifs is 1. The van der Waals surface area contributed by atoms with Crippen LogP contribution in [0.1, 0.15) is 31.3 Å². The molecule has 0 aliphatic rings. The Morgan fingerprint density at radius 3 is 2.73 bits per heavy atom. The van der Waals surface area contributed by atoms with Gasteiger partial charge in [0.05, 0.1) is 12.1 Å². The van der Waals surface area contributed by atoms with E-state index < -0.39 is 11.7 Å². The molecule has 0 radical (unpaired) electrons. The number of alkyl carbamates (subject to hydrolysis) is 1. The largest absolute Gasteiger partial charge is 0.444 e. The van der Waals surface area contributed by atoms with Crippen LogP contribution in [0.2, 0.25) is 5.15 Å². The summed E-state index contributed by atoms with van der Waals surface area (Å²) in [5.41, 5.74) is 0.437. The minimum absolute atomic E-state index is 0.135. The Labute approximate surface area is 156 Å². The van der Waals surface area contributed by atoms with Crippen LogP contribution in [0.15, 0.2) is 18.3 Å². The first-order valence-corrected chi connectivity index (χ1v) is 8.59. The Morgan fingerprint density at radius 1 is 1.38 bits per heavy atom. The van der Waals surface area contributed by atoms with Crippen LogP contribution in [0, 0.1) is 0 Å². The first-order valence-electron chi connectivity index (χ1n) is 8.21. The molecule has 2 rings (SSSR count). The van der Waals surface area contributed by atoms with Gasteiger partial charge in [0.25, 0.3) is 5.91 Å². The fourth-order valence-corrected chi connectivity index (χ4v) is 2.56. The van der Waals surface area contributed by atoms with Crippen LogP contribution in [0.5, 0.6) is 0 Å². The number of amides is 2. The molecule has 2 aromatic heterocycles. The van der Waals surface area contributed by atoms with Crippen molar-refractivity contribution in [3.05, 3.63) is 29.2 Å². The van der Waals surface area contributed by atoms with Gasteiger partial charge in [0.1, 0.15) is 16.4 Å². The molecule has 0 atom stereocenters. The number of aromatic amines is 1. The lowest BCUT2D eigenvalue weighted by molar-refractivity contribution is 0.0510. The Hall–Kier alpha value is -2.32. The lowest BCUT2D eigenvalue weighted by Crippen LogP contribution is -2.41. The predicted molar refractivity (Wildman–Crippen MR) is 98.3 cm³/mol. The Kier molecular flexibility index (Phi) is 6.44. The summed E-state index contributed by atoms with van der Waals surface area (Å²) in [5, 5.41) is 12.8. The van der Waals surface area contributed by atoms with Crippen LogP contribution in [0.4, 0.5) is 4.79 Å². The quantitative estimate of drug-likeness (QED) is 0.663. The van der Waals surface area contributed by atoms with Gasteiger partial charge in [0.2, 0.25) is 0 Å². The molecule has 2 heterocycles. The van der Waals surface area contributed by atoms with E-state index in [4.69, 9.17) is 16.3 Å². The third-order valence-electron chi connectivity index (χ3n) is 3.44. The van der Waals surface area contributed by atoms with Crippen molar-refractivity contribution in [1.82, 2.24) is 20.2 Å². The number of aliphatic hydroxyl groups is 1. The van der Waals surface area contributed by atoms with E-state index >= 15 is 0 Å². The van der Waals surface area contributed by atoms with Crippen LogP contribution in [-0.4, -0.2) is 63.8 Å². The number of pyridine rings is 1. The van der Waals surface area contributed by atoms with Gasteiger partial charge in [-0.1, -0.05) is 11.6 Å². The van der Waals surface area contributed by atoms with Gasteiger partial charge in [-0.3, -0.25) is 4.79 Å². The van der Waals surface area contributed by atoms with E-state index in [1.165, 1.54) is 4.90 Å². The number of aromatic nitrogens is 2. The van der Waals surface area contributed by atoms with Crippen LogP contribution >= 0.6 is 11.6 Å². The molecule has 0 saturated carbocycles. The van der Waals surface area contributed by atoms with Crippen molar-refractivity contribution in [3.8, 4) is 0 Å². The molecule has 0 unspecified atom stereocenters. The summed E-state index contributed by atoms with van der Waals surface area (Å²) in [4.78, 5) is 32.8. The van der Waals surface area contributed by atoms with Gasteiger partial charge in [-0.15, -0.1) is 0 Å². The Morgan fingerprint density at radius 2 is 2.12 bits per heavy atom. The molecule has 2 amide bonds. The molecule has 2 aromatic rings. The summed E-state index contributed by atoms with van der Waals surface area (Å²) in [6.07, 6.45) is 0.989. The number of nitrogens with zero attached hydrogens (tertiary/aromatic N) is 2. The van der Waals surface area contributed by atoms with E-state index in [1.807, 2.05) is 0 Å². The zero-order chi connectivity index (χ0) is 19.3. The zero-order valence-corrected chi connectivity index (χ0v) is 15.8. The molecule has 9 heteroatoms. The SMILES string of the molecule is CC(C)(C)OC(=O)NCCN(CCO)C(=O)c1cc2c(Cl)nccc2[nH]1. The number of rotatable bonds is 6. The number of H-pyrrole nitrogens is 1. The van der Waals surface area contributed by atoms with Crippen molar-refractivity contribution in [2.45, 2.75) is 26.4 Å². The number of ether oxygens (including phenoxy) is 1. The number of halogens is 1. The van der Waals surface area contributed by atoms with E-state index in [1.54, 1.807) is 39.1 Å². The molecule has 0 fully saturated rings. The van der Waals surface area contributed by atoms with E-state index in [-0.39, 0.29) is 32.1 Å². The molecule has 0 aromatic carbocycles. The van der Waals surface area contributed by atoms with E-state index in [2.05, 4.69) is 15.3 Å². The molecular weight excluding hydrogens is 360 g/mol. The average molecular weight is 383 g/mol. The summed E-state index contributed by atoms with van der Waals surface area (Å²) < 4.78 is 5.15. The zero-order valence-electron chi connectivity index (χ0n) is 15.0. The summed E-state index contributed by atoms with van der Waals surface area (Å²) in [7, 11) is 0. The van der Waals surface area contributed by atoms with Crippen molar-refractivity contribution in [3.63, 3.8) is 0 Å². The van der Waals surface area contributed by atoms with E-state index in [9.17, 15) is 14.7 Å². The highest BCUT2D eigenvalue weighted by atomic mass is 35.5. The van der Waals surface area contributed by atoms with Gasteiger partial charge in [0, 0.05) is 31.2 Å². The lowest BCUT2D eigenvalue weighted by atomic mass is 10.2. The molecular formula is C17H23ClN4O4. The average Bonchev–Trinajstić information content (AvgIpc) is 2.97. The molecule has 8 nitrogen and oxygen atoms in total. The Bertz CT molecular complexity index is 785. The van der Waals surface area contributed by atoms with E-state index in [0.717, 1.165) is 0 Å². The third-order valence-corrected chi connectivity index (χ3v) is 3.74. The van der Waals surface area contributed by atoms with Crippen molar-refractivity contribution in [2.24, 2.45) is 0 Å². The van der Waals surface area contributed by atoms with Crippen molar-refractivity contribution >= 4 is 34.5 Å². The van der Waals surface area contributed by atoms with Gasteiger partial charge in [0.15, 0.2) is 0 Å². The number of nitrogens with one attached hydrogen (secondary N) is 2. The lowest BCUT2D eigenvalue weighted by Gasteiger charge is -2.23. The molecule has 0 saturated heterocycles. The minimum Gasteiger partial charge on any atom is -0.444 e. The second kappa shape index (κ2) is 8.37. The van der Waals surface area contributed by atoms with Crippen LogP contribution in [-0.2, 0) is 4.74 Å². The number of hydrogen-bond acceptors (Lipinski definition) is 5. The topological polar surface area (TPSA) is 108 Å². The molecule has 0 spiro atoms. The molecule has 26 heavy (non-hydrogen) atoms. The van der Waals surface area contributed by atoms with Crippen molar-refractivity contribution in [2.75, 3.05) is 26.2 Å². The fraction of sp³-hybridized carbons (Fsp3) is 0.471. The highest BCUT2D eigenvalue weighted by Gasteiger charge is 2.20. The van der Waals surface area contributed by atoms with Gasteiger partial charge < -0.3 is 25.0 Å². The van der Waals surface area contributed by atoms with Crippen LogP contribution in [0.25, 0.3) is 10.9 Å². The summed E-state index contributed by atoms with van der Waals surface area (Å²) in [5.74, 6) is -0.308. The van der Waals surface area contributed by atoms with Crippen molar-refractivity contribution < 1.29 is 19.4 Å². The number of hydrogen-bond donors (Lipinski definition) is 3. The first kappa shape index (κ1) is 20.0. The molecule has 3 N–H and O–H groups in total. The third kappa shape index (κ3) is 5.34. The monoisotopic (exact) mass is 382 g/mol. The summed E-state index contributed by atoms with van der Waals surface area (Å²) in [6, 6.07) is 3.34. The predicted octanol–water partition coefficient (Wildman–Crippen LogP) is 2.18. The van der Waals surface area contributed by atoms with Crippen LogP contribution < -0.4 is 5.32 Å². The van der Waals surface area contributed by atoms with Gasteiger partial charge in [-0.2, -0.15) is 0 Å². The number of carbonyl (C=O) groups excluding carboxylic acids is 2. The number of carbonyl (C=O) groups is 2. The van der Waals surface area contributed by atoms with Crippen LogP contribution in [0.3, 0.4) is 0 Å².